The van der Waals surface area contributed by atoms with Crippen LogP contribution in [0.15, 0.2) is 41.5 Å². The highest BCUT2D eigenvalue weighted by Crippen LogP contribution is 2.31. The Morgan fingerprint density at radius 2 is 2.33 bits per heavy atom. The number of hydrogen-bond donors (Lipinski definition) is 1. The topological polar surface area (TPSA) is 66.3 Å². The molecule has 0 aliphatic carbocycles. The third-order valence-electron chi connectivity index (χ3n) is 5.08. The van der Waals surface area contributed by atoms with Gasteiger partial charge in [-0.3, -0.25) is 9.89 Å². The van der Waals surface area contributed by atoms with Gasteiger partial charge in [0.25, 0.3) is 5.91 Å². The number of hydrogen-bond acceptors (Lipinski definition) is 4. The summed E-state index contributed by atoms with van der Waals surface area (Å²) < 4.78 is 15.6. The van der Waals surface area contributed by atoms with Crippen molar-refractivity contribution in [1.29, 1.82) is 0 Å². The highest BCUT2D eigenvalue weighted by Gasteiger charge is 2.32. The second-order valence-electron chi connectivity index (χ2n) is 6.77. The second kappa shape index (κ2) is 6.02. The Labute approximate surface area is 158 Å². The first kappa shape index (κ1) is 16.2. The Bertz CT molecular complexity index is 1150. The van der Waals surface area contributed by atoms with Crippen molar-refractivity contribution < 1.29 is 9.18 Å². The number of aromatic amines is 1. The van der Waals surface area contributed by atoms with Gasteiger partial charge in [-0.05, 0) is 25.1 Å². The minimum Gasteiger partial charge on any atom is -0.331 e. The SMILES string of the molecule is CC1Cc2[nH]nc(-c3cscn3)c2CN1C(=O)c1cc2c(F)cccn2c1. The molecule has 0 fully saturated rings. The maximum Gasteiger partial charge on any atom is 0.255 e. The number of thiazole rings is 1. The van der Waals surface area contributed by atoms with E-state index < -0.39 is 0 Å². The predicted molar refractivity (Wildman–Crippen MR) is 100 cm³/mol. The smallest absolute Gasteiger partial charge is 0.255 e. The van der Waals surface area contributed by atoms with Crippen molar-refractivity contribution >= 4 is 22.8 Å². The summed E-state index contributed by atoms with van der Waals surface area (Å²) in [4.78, 5) is 19.3. The fourth-order valence-electron chi connectivity index (χ4n) is 3.67. The Kier molecular flexibility index (Phi) is 3.61. The Morgan fingerprint density at radius 1 is 1.44 bits per heavy atom. The van der Waals surface area contributed by atoms with Crippen LogP contribution in [0.4, 0.5) is 4.39 Å². The van der Waals surface area contributed by atoms with Crippen LogP contribution in [0, 0.1) is 5.82 Å². The maximum atomic E-state index is 14.0. The van der Waals surface area contributed by atoms with E-state index >= 15 is 0 Å². The van der Waals surface area contributed by atoms with Gasteiger partial charge in [-0.25, -0.2) is 9.37 Å². The molecule has 4 aromatic heterocycles. The summed E-state index contributed by atoms with van der Waals surface area (Å²) >= 11 is 1.51. The number of amides is 1. The lowest BCUT2D eigenvalue weighted by atomic mass is 9.98. The number of nitrogens with zero attached hydrogens (tertiary/aromatic N) is 4. The molecule has 5 heterocycles. The van der Waals surface area contributed by atoms with Gasteiger partial charge in [0.2, 0.25) is 0 Å². The van der Waals surface area contributed by atoms with E-state index in [0.29, 0.717) is 24.0 Å². The summed E-state index contributed by atoms with van der Waals surface area (Å²) in [5, 5.41) is 9.46. The average Bonchev–Trinajstić information content (AvgIpc) is 3.39. The summed E-state index contributed by atoms with van der Waals surface area (Å²) in [6.07, 6.45) is 4.11. The van der Waals surface area contributed by atoms with Crippen LogP contribution in [0.25, 0.3) is 16.9 Å². The first-order valence-electron chi connectivity index (χ1n) is 8.63. The number of carbonyl (C=O) groups excluding carboxylic acids is 1. The third kappa shape index (κ3) is 2.56. The lowest BCUT2D eigenvalue weighted by molar-refractivity contribution is 0.0658. The molecule has 1 atom stereocenters. The summed E-state index contributed by atoms with van der Waals surface area (Å²) in [5.74, 6) is -0.451. The quantitative estimate of drug-likeness (QED) is 0.578. The fourth-order valence-corrected chi connectivity index (χ4v) is 4.20. The van der Waals surface area contributed by atoms with Crippen LogP contribution in [0.3, 0.4) is 0 Å². The highest BCUT2D eigenvalue weighted by atomic mass is 32.1. The molecule has 5 rings (SSSR count). The lowest BCUT2D eigenvalue weighted by Gasteiger charge is -2.33. The first-order valence-corrected chi connectivity index (χ1v) is 9.58. The van der Waals surface area contributed by atoms with Crippen LogP contribution in [-0.4, -0.2) is 36.4 Å². The van der Waals surface area contributed by atoms with Gasteiger partial charge in [-0.2, -0.15) is 5.10 Å². The van der Waals surface area contributed by atoms with E-state index in [2.05, 4.69) is 15.2 Å². The monoisotopic (exact) mass is 381 g/mol. The molecule has 0 radical (unpaired) electrons. The molecule has 1 amide bonds. The van der Waals surface area contributed by atoms with Gasteiger partial charge in [-0.15, -0.1) is 11.3 Å². The lowest BCUT2D eigenvalue weighted by Crippen LogP contribution is -2.42. The molecule has 1 aliphatic heterocycles. The van der Waals surface area contributed by atoms with Gasteiger partial charge < -0.3 is 9.30 Å². The largest absolute Gasteiger partial charge is 0.331 e. The molecular weight excluding hydrogens is 365 g/mol. The Morgan fingerprint density at radius 3 is 3.11 bits per heavy atom. The first-order chi connectivity index (χ1) is 13.1. The van der Waals surface area contributed by atoms with Crippen molar-refractivity contribution in [3.05, 3.63) is 64.1 Å². The molecule has 0 bridgehead atoms. The van der Waals surface area contributed by atoms with Crippen molar-refractivity contribution in [2.24, 2.45) is 0 Å². The Hall–Kier alpha value is -3.00. The van der Waals surface area contributed by atoms with Crippen molar-refractivity contribution in [2.75, 3.05) is 0 Å². The van der Waals surface area contributed by atoms with Crippen LogP contribution >= 0.6 is 11.3 Å². The molecule has 4 aromatic rings. The standard InChI is InChI=1S/C19H16FN5OS/c1-11-5-15-13(18(23-22-15)16-9-27-10-21-16)8-25(11)19(26)12-6-17-14(20)3-2-4-24(17)7-12/h2-4,6-7,9-11H,5,8H2,1H3,(H,22,23). The van der Waals surface area contributed by atoms with E-state index in [0.717, 1.165) is 22.6 Å². The second-order valence-corrected chi connectivity index (χ2v) is 7.49. The van der Waals surface area contributed by atoms with E-state index in [9.17, 15) is 9.18 Å². The molecule has 1 unspecified atom stereocenters. The molecular formula is C19H16FN5OS. The Balaban J connectivity index is 1.51. The third-order valence-corrected chi connectivity index (χ3v) is 5.66. The van der Waals surface area contributed by atoms with E-state index in [4.69, 9.17) is 0 Å². The molecule has 0 spiro atoms. The van der Waals surface area contributed by atoms with E-state index in [1.165, 1.54) is 17.4 Å². The minimum atomic E-state index is -0.341. The number of halogens is 1. The minimum absolute atomic E-state index is 0.0154. The zero-order valence-corrected chi connectivity index (χ0v) is 15.3. The number of rotatable bonds is 2. The van der Waals surface area contributed by atoms with Crippen LogP contribution in [0.1, 0.15) is 28.5 Å². The molecule has 0 saturated carbocycles. The summed E-state index contributed by atoms with van der Waals surface area (Å²) in [6.45, 7) is 2.47. The molecule has 0 aromatic carbocycles. The van der Waals surface area contributed by atoms with Crippen molar-refractivity contribution in [3.8, 4) is 11.4 Å². The summed E-state index contributed by atoms with van der Waals surface area (Å²) in [6, 6.07) is 4.64. The normalized spacial score (nSPS) is 16.7. The summed E-state index contributed by atoms with van der Waals surface area (Å²) in [7, 11) is 0. The molecule has 0 saturated heterocycles. The molecule has 1 N–H and O–H groups in total. The zero-order chi connectivity index (χ0) is 18.5. The number of aromatic nitrogens is 4. The molecule has 27 heavy (non-hydrogen) atoms. The summed E-state index contributed by atoms with van der Waals surface area (Å²) in [5.41, 5.74) is 6.31. The van der Waals surface area contributed by atoms with Crippen LogP contribution in [-0.2, 0) is 13.0 Å². The highest BCUT2D eigenvalue weighted by molar-refractivity contribution is 7.07. The predicted octanol–water partition coefficient (Wildman–Crippen LogP) is 3.51. The van der Waals surface area contributed by atoms with Gasteiger partial charge in [-0.1, -0.05) is 0 Å². The molecule has 1 aliphatic rings. The van der Waals surface area contributed by atoms with Crippen LogP contribution in [0.2, 0.25) is 0 Å². The van der Waals surface area contributed by atoms with Gasteiger partial charge >= 0.3 is 0 Å². The van der Waals surface area contributed by atoms with Crippen molar-refractivity contribution in [3.63, 3.8) is 0 Å². The van der Waals surface area contributed by atoms with Crippen LogP contribution in [0.5, 0.6) is 0 Å². The van der Waals surface area contributed by atoms with E-state index in [1.807, 2.05) is 17.2 Å². The van der Waals surface area contributed by atoms with Crippen molar-refractivity contribution in [2.45, 2.75) is 25.9 Å². The zero-order valence-electron chi connectivity index (χ0n) is 14.5. The number of H-pyrrole nitrogens is 1. The number of carbonyl (C=O) groups is 1. The number of nitrogens with one attached hydrogen (secondary N) is 1. The fraction of sp³-hybridized carbons (Fsp3) is 0.211. The van der Waals surface area contributed by atoms with Crippen LogP contribution < -0.4 is 0 Å². The van der Waals surface area contributed by atoms with Gasteiger partial charge in [0, 0.05) is 41.5 Å². The number of pyridine rings is 1. The molecule has 136 valence electrons. The number of fused-ring (bicyclic) bond motifs is 2. The molecule has 6 nitrogen and oxygen atoms in total. The average molecular weight is 381 g/mol. The van der Waals surface area contributed by atoms with Gasteiger partial charge in [0.15, 0.2) is 0 Å². The maximum absolute atomic E-state index is 14.0. The van der Waals surface area contributed by atoms with Crippen molar-refractivity contribution in [1.82, 2.24) is 24.5 Å². The van der Waals surface area contributed by atoms with Gasteiger partial charge in [0.1, 0.15) is 17.2 Å². The molecule has 8 heteroatoms. The van der Waals surface area contributed by atoms with Gasteiger partial charge in [0.05, 0.1) is 23.1 Å². The van der Waals surface area contributed by atoms with E-state index in [1.54, 1.807) is 34.4 Å². The van der Waals surface area contributed by atoms with E-state index in [-0.39, 0.29) is 17.8 Å².